The SMILES string of the molecule is CN(C)/C=C\c1c(OC2CC3(C2)CN(C(=O)OC(C)(C)C)C3)ccc(Cl)c1C=O. The molecule has 2 fully saturated rings. The molecule has 3 rings (SSSR count). The molecule has 0 atom stereocenters. The third kappa shape index (κ3) is 4.86. The molecule has 6 nitrogen and oxygen atoms in total. The minimum Gasteiger partial charge on any atom is -0.490 e. The van der Waals surface area contributed by atoms with Crippen LogP contribution in [-0.4, -0.2) is 61.1 Å². The molecule has 1 amide bonds. The predicted octanol–water partition coefficient (Wildman–Crippen LogP) is 4.46. The summed E-state index contributed by atoms with van der Waals surface area (Å²) in [5.74, 6) is 0.651. The van der Waals surface area contributed by atoms with Gasteiger partial charge in [-0.2, -0.15) is 0 Å². The number of carbonyl (C=O) groups is 2. The molecule has 1 saturated heterocycles. The Morgan fingerprint density at radius 1 is 1.24 bits per heavy atom. The smallest absolute Gasteiger partial charge is 0.410 e. The molecule has 29 heavy (non-hydrogen) atoms. The Balaban J connectivity index is 1.61. The van der Waals surface area contributed by atoms with Gasteiger partial charge in [-0.1, -0.05) is 11.6 Å². The van der Waals surface area contributed by atoms with Gasteiger partial charge in [-0.3, -0.25) is 4.79 Å². The summed E-state index contributed by atoms with van der Waals surface area (Å²) < 4.78 is 11.6. The van der Waals surface area contributed by atoms with Crippen molar-refractivity contribution in [2.24, 2.45) is 5.41 Å². The number of rotatable bonds is 5. The van der Waals surface area contributed by atoms with Crippen LogP contribution in [0, 0.1) is 5.41 Å². The Labute approximate surface area is 177 Å². The lowest BCUT2D eigenvalue weighted by Crippen LogP contribution is -2.66. The van der Waals surface area contributed by atoms with E-state index in [1.165, 1.54) is 0 Å². The number of nitrogens with zero attached hydrogens (tertiary/aromatic N) is 2. The van der Waals surface area contributed by atoms with Gasteiger partial charge in [0.2, 0.25) is 0 Å². The van der Waals surface area contributed by atoms with Crippen LogP contribution in [0.25, 0.3) is 6.08 Å². The van der Waals surface area contributed by atoms with Crippen LogP contribution < -0.4 is 4.74 Å². The summed E-state index contributed by atoms with van der Waals surface area (Å²) in [4.78, 5) is 27.3. The first-order valence-corrected chi connectivity index (χ1v) is 10.2. The number of likely N-dealkylation sites (tertiary alicyclic amines) is 1. The monoisotopic (exact) mass is 420 g/mol. The van der Waals surface area contributed by atoms with Crippen LogP contribution in [0.2, 0.25) is 5.02 Å². The zero-order chi connectivity index (χ0) is 21.4. The predicted molar refractivity (Wildman–Crippen MR) is 113 cm³/mol. The van der Waals surface area contributed by atoms with Crippen molar-refractivity contribution in [1.82, 2.24) is 9.80 Å². The second-order valence-corrected chi connectivity index (χ2v) is 9.66. The summed E-state index contributed by atoms with van der Waals surface area (Å²) >= 11 is 6.19. The van der Waals surface area contributed by atoms with Gasteiger partial charge in [0.15, 0.2) is 6.29 Å². The Kier molecular flexibility index (Phi) is 5.86. The van der Waals surface area contributed by atoms with E-state index in [2.05, 4.69) is 0 Å². The van der Waals surface area contributed by atoms with E-state index in [0.717, 1.165) is 19.1 Å². The lowest BCUT2D eigenvalue weighted by molar-refractivity contribution is -0.116. The average Bonchev–Trinajstić information content (AvgIpc) is 2.53. The molecule has 1 aromatic carbocycles. The van der Waals surface area contributed by atoms with Crippen molar-refractivity contribution < 1.29 is 19.1 Å². The zero-order valence-corrected chi connectivity index (χ0v) is 18.5. The van der Waals surface area contributed by atoms with Crippen molar-refractivity contribution in [3.05, 3.63) is 34.5 Å². The molecule has 1 spiro atoms. The molecule has 1 saturated carbocycles. The van der Waals surface area contributed by atoms with Crippen molar-refractivity contribution >= 4 is 30.1 Å². The molecule has 1 aliphatic carbocycles. The molecule has 0 radical (unpaired) electrons. The normalized spacial score (nSPS) is 18.3. The number of aldehydes is 1. The highest BCUT2D eigenvalue weighted by Gasteiger charge is 2.55. The fourth-order valence-electron chi connectivity index (χ4n) is 3.85. The second-order valence-electron chi connectivity index (χ2n) is 9.25. The van der Waals surface area contributed by atoms with E-state index in [1.54, 1.807) is 11.0 Å². The molecule has 0 aromatic heterocycles. The van der Waals surface area contributed by atoms with Crippen molar-refractivity contribution in [3.63, 3.8) is 0 Å². The molecule has 1 aliphatic heterocycles. The third-order valence-electron chi connectivity index (χ3n) is 5.17. The highest BCUT2D eigenvalue weighted by Crippen LogP contribution is 2.50. The van der Waals surface area contributed by atoms with E-state index in [9.17, 15) is 9.59 Å². The fourth-order valence-corrected chi connectivity index (χ4v) is 4.06. The van der Waals surface area contributed by atoms with Gasteiger partial charge in [-0.05, 0) is 58.0 Å². The molecule has 1 heterocycles. The van der Waals surface area contributed by atoms with E-state index >= 15 is 0 Å². The van der Waals surface area contributed by atoms with Gasteiger partial charge in [-0.25, -0.2) is 4.79 Å². The lowest BCUT2D eigenvalue weighted by Gasteiger charge is -2.58. The highest BCUT2D eigenvalue weighted by atomic mass is 35.5. The first kappa shape index (κ1) is 21.5. The summed E-state index contributed by atoms with van der Waals surface area (Å²) in [5.41, 5.74) is 0.760. The molecule has 0 unspecified atom stereocenters. The zero-order valence-electron chi connectivity index (χ0n) is 17.7. The van der Waals surface area contributed by atoms with Crippen molar-refractivity contribution in [2.75, 3.05) is 27.2 Å². The van der Waals surface area contributed by atoms with Crippen LogP contribution >= 0.6 is 11.6 Å². The quantitative estimate of drug-likeness (QED) is 0.658. The molecule has 1 aromatic rings. The van der Waals surface area contributed by atoms with Crippen molar-refractivity contribution in [1.29, 1.82) is 0 Å². The van der Waals surface area contributed by atoms with E-state index < -0.39 is 5.60 Å². The van der Waals surface area contributed by atoms with Gasteiger partial charge in [0.1, 0.15) is 17.5 Å². The number of ether oxygens (including phenoxy) is 2. The largest absolute Gasteiger partial charge is 0.490 e. The topological polar surface area (TPSA) is 59.1 Å². The van der Waals surface area contributed by atoms with Crippen LogP contribution in [0.5, 0.6) is 5.75 Å². The summed E-state index contributed by atoms with van der Waals surface area (Å²) in [7, 11) is 3.82. The van der Waals surface area contributed by atoms with Gasteiger partial charge in [0.05, 0.1) is 5.02 Å². The van der Waals surface area contributed by atoms with E-state index in [1.807, 2.05) is 58.1 Å². The minimum atomic E-state index is -0.480. The summed E-state index contributed by atoms with van der Waals surface area (Å²) in [6.07, 6.45) is 6.02. The van der Waals surface area contributed by atoms with Crippen molar-refractivity contribution in [2.45, 2.75) is 45.3 Å². The standard InChI is InChI=1S/C22H29ClN2O4/c1-21(2,3)29-20(27)25-13-22(14-25)10-15(11-22)28-19-7-6-18(23)17(12-26)16(19)8-9-24(4)5/h6-9,12,15H,10-11,13-14H2,1-5H3/b9-8-. The first-order chi connectivity index (χ1) is 13.5. The maximum absolute atomic E-state index is 12.1. The summed E-state index contributed by atoms with van der Waals surface area (Å²) in [5, 5.41) is 0.405. The minimum absolute atomic E-state index is 0.0583. The number of amides is 1. The molecule has 2 aliphatic rings. The number of hydrogen-bond donors (Lipinski definition) is 0. The van der Waals surface area contributed by atoms with Crippen LogP contribution in [0.4, 0.5) is 4.79 Å². The van der Waals surface area contributed by atoms with Crippen molar-refractivity contribution in [3.8, 4) is 5.75 Å². The van der Waals surface area contributed by atoms with Gasteiger partial charge in [-0.15, -0.1) is 0 Å². The lowest BCUT2D eigenvalue weighted by atomic mass is 9.62. The Bertz CT molecular complexity index is 815. The Hall–Kier alpha value is -2.21. The maximum Gasteiger partial charge on any atom is 0.410 e. The van der Waals surface area contributed by atoms with E-state index in [4.69, 9.17) is 21.1 Å². The number of benzene rings is 1. The number of halogens is 1. The summed E-state index contributed by atoms with van der Waals surface area (Å²) in [6, 6.07) is 3.50. The molecule has 0 bridgehead atoms. The van der Waals surface area contributed by atoms with Crippen LogP contribution in [0.1, 0.15) is 49.5 Å². The molecule has 0 N–H and O–H groups in total. The molecular weight excluding hydrogens is 392 g/mol. The fraction of sp³-hybridized carbons (Fsp3) is 0.545. The van der Waals surface area contributed by atoms with Gasteiger partial charge in [0.25, 0.3) is 0 Å². The van der Waals surface area contributed by atoms with Crippen LogP contribution in [0.15, 0.2) is 18.3 Å². The Morgan fingerprint density at radius 2 is 1.90 bits per heavy atom. The molecule has 7 heteroatoms. The molecule has 158 valence electrons. The third-order valence-corrected chi connectivity index (χ3v) is 5.50. The second kappa shape index (κ2) is 7.90. The number of hydrogen-bond acceptors (Lipinski definition) is 5. The first-order valence-electron chi connectivity index (χ1n) is 9.79. The van der Waals surface area contributed by atoms with E-state index in [-0.39, 0.29) is 17.6 Å². The van der Waals surface area contributed by atoms with E-state index in [0.29, 0.717) is 35.0 Å². The van der Waals surface area contributed by atoms with Crippen LogP contribution in [0.3, 0.4) is 0 Å². The van der Waals surface area contributed by atoms with Gasteiger partial charge in [0, 0.05) is 43.7 Å². The van der Waals surface area contributed by atoms with Crippen LogP contribution in [-0.2, 0) is 4.74 Å². The molecular formula is C22H29ClN2O4. The Morgan fingerprint density at radius 3 is 2.45 bits per heavy atom. The number of carbonyl (C=O) groups excluding carboxylic acids is 2. The maximum atomic E-state index is 12.1. The highest BCUT2D eigenvalue weighted by molar-refractivity contribution is 6.33. The van der Waals surface area contributed by atoms with Gasteiger partial charge < -0.3 is 19.3 Å². The summed E-state index contributed by atoms with van der Waals surface area (Å²) in [6.45, 7) is 7.02. The average molecular weight is 421 g/mol. The van der Waals surface area contributed by atoms with Gasteiger partial charge >= 0.3 is 6.09 Å².